The van der Waals surface area contributed by atoms with E-state index in [0.717, 1.165) is 6.07 Å². The fraction of sp³-hybridized carbons (Fsp3) is 0.200. The van der Waals surface area contributed by atoms with Crippen molar-refractivity contribution in [2.45, 2.75) is 6.42 Å². The molecule has 0 radical (unpaired) electrons. The summed E-state index contributed by atoms with van der Waals surface area (Å²) in [6.45, 7) is 0.855. The quantitative estimate of drug-likeness (QED) is 0.410. The van der Waals surface area contributed by atoms with Crippen LogP contribution < -0.4 is 10.6 Å². The van der Waals surface area contributed by atoms with E-state index in [-0.39, 0.29) is 16.3 Å². The van der Waals surface area contributed by atoms with Crippen LogP contribution >= 0.6 is 34.8 Å². The van der Waals surface area contributed by atoms with E-state index in [1.165, 1.54) is 18.3 Å². The fourth-order valence-electron chi connectivity index (χ4n) is 1.94. The van der Waals surface area contributed by atoms with E-state index in [4.69, 9.17) is 34.8 Å². The lowest BCUT2D eigenvalue weighted by atomic mass is 10.2. The topological polar surface area (TPSA) is 97.2 Å². The first-order chi connectivity index (χ1) is 11.9. The average molecular weight is 404 g/mol. The van der Waals surface area contributed by atoms with Crippen molar-refractivity contribution in [1.29, 1.82) is 0 Å². The number of nitrogens with one attached hydrogen (secondary N) is 2. The van der Waals surface area contributed by atoms with Gasteiger partial charge in [-0.2, -0.15) is 0 Å². The summed E-state index contributed by atoms with van der Waals surface area (Å²) < 4.78 is 0. The van der Waals surface area contributed by atoms with Crippen molar-refractivity contribution in [2.24, 2.45) is 0 Å². The molecule has 0 bridgehead atoms. The van der Waals surface area contributed by atoms with Gasteiger partial charge in [-0.1, -0.05) is 34.8 Å². The van der Waals surface area contributed by atoms with Crippen molar-refractivity contribution in [3.05, 3.63) is 61.2 Å². The number of non-ortho nitro benzene ring substituents is 1. The van der Waals surface area contributed by atoms with Crippen molar-refractivity contribution in [3.8, 4) is 0 Å². The number of nitro groups is 1. The van der Waals surface area contributed by atoms with E-state index in [0.29, 0.717) is 35.4 Å². The van der Waals surface area contributed by atoms with Crippen molar-refractivity contribution in [3.63, 3.8) is 0 Å². The molecule has 0 saturated carbocycles. The molecule has 2 N–H and O–H groups in total. The van der Waals surface area contributed by atoms with Crippen molar-refractivity contribution >= 4 is 52.2 Å². The van der Waals surface area contributed by atoms with Gasteiger partial charge >= 0.3 is 0 Å². The second kappa shape index (κ2) is 8.84. The highest BCUT2D eigenvalue weighted by molar-refractivity contribution is 6.36. The number of aromatic nitrogens is 1. The highest BCUT2D eigenvalue weighted by atomic mass is 35.5. The summed E-state index contributed by atoms with van der Waals surface area (Å²) in [6, 6.07) is 5.29. The largest absolute Gasteiger partial charge is 0.369 e. The van der Waals surface area contributed by atoms with Crippen LogP contribution in [0.4, 0.5) is 11.5 Å². The van der Waals surface area contributed by atoms with Gasteiger partial charge in [0.1, 0.15) is 5.82 Å². The number of carbonyl (C=O) groups excluding carboxylic acids is 1. The van der Waals surface area contributed by atoms with Crippen LogP contribution in [0.2, 0.25) is 15.1 Å². The Hall–Kier alpha value is -2.09. The molecule has 0 unspecified atom stereocenters. The molecule has 10 heteroatoms. The Labute approximate surface area is 158 Å². The minimum atomic E-state index is -0.583. The predicted octanol–water partition coefficient (Wildman–Crippen LogP) is 4.18. The van der Waals surface area contributed by atoms with Gasteiger partial charge in [-0.3, -0.25) is 14.9 Å². The molecule has 7 nitrogen and oxygen atoms in total. The summed E-state index contributed by atoms with van der Waals surface area (Å²) in [7, 11) is 0. The Kier molecular flexibility index (Phi) is 6.81. The lowest BCUT2D eigenvalue weighted by molar-refractivity contribution is -0.384. The Morgan fingerprint density at radius 3 is 2.60 bits per heavy atom. The van der Waals surface area contributed by atoms with Gasteiger partial charge in [-0.25, -0.2) is 4.98 Å². The van der Waals surface area contributed by atoms with E-state index in [2.05, 4.69) is 15.6 Å². The lowest BCUT2D eigenvalue weighted by Crippen LogP contribution is -2.26. The SMILES string of the molecule is O=C(NCCCNc1ncc(Cl)cc1Cl)c1cc([N+](=O)[O-])ccc1Cl. The molecule has 2 rings (SSSR count). The van der Waals surface area contributed by atoms with Crippen LogP contribution in [0.5, 0.6) is 0 Å². The van der Waals surface area contributed by atoms with E-state index in [9.17, 15) is 14.9 Å². The maximum absolute atomic E-state index is 12.1. The zero-order chi connectivity index (χ0) is 18.4. The van der Waals surface area contributed by atoms with Gasteiger partial charge in [-0.05, 0) is 18.6 Å². The van der Waals surface area contributed by atoms with Crippen LogP contribution in [0.25, 0.3) is 0 Å². The van der Waals surface area contributed by atoms with Crippen molar-refractivity contribution < 1.29 is 9.72 Å². The molecule has 1 aromatic carbocycles. The second-order valence-corrected chi connectivity index (χ2v) is 6.19. The Bertz CT molecular complexity index is 802. The molecule has 0 aliphatic carbocycles. The number of rotatable bonds is 7. The average Bonchev–Trinajstić information content (AvgIpc) is 2.56. The first-order valence-electron chi connectivity index (χ1n) is 7.15. The Balaban J connectivity index is 1.83. The Morgan fingerprint density at radius 2 is 1.92 bits per heavy atom. The summed E-state index contributed by atoms with van der Waals surface area (Å²) >= 11 is 17.7. The van der Waals surface area contributed by atoms with Crippen LogP contribution in [-0.4, -0.2) is 28.9 Å². The molecule has 0 spiro atoms. The van der Waals surface area contributed by atoms with Gasteiger partial charge in [0.2, 0.25) is 0 Å². The number of benzene rings is 1. The number of carbonyl (C=O) groups is 1. The molecule has 0 saturated heterocycles. The maximum Gasteiger partial charge on any atom is 0.270 e. The molecular weight excluding hydrogens is 391 g/mol. The summed E-state index contributed by atoms with van der Waals surface area (Å²) in [5, 5.41) is 17.4. The molecule has 0 fully saturated rings. The molecule has 2 aromatic rings. The zero-order valence-electron chi connectivity index (χ0n) is 12.8. The molecule has 0 aliphatic rings. The van der Waals surface area contributed by atoms with Crippen LogP contribution in [0.1, 0.15) is 16.8 Å². The normalized spacial score (nSPS) is 10.4. The minimum absolute atomic E-state index is 0.0613. The molecule has 1 heterocycles. The van der Waals surface area contributed by atoms with Gasteiger partial charge in [0.05, 0.1) is 25.6 Å². The minimum Gasteiger partial charge on any atom is -0.369 e. The highest BCUT2D eigenvalue weighted by Gasteiger charge is 2.15. The summed E-state index contributed by atoms with van der Waals surface area (Å²) in [4.78, 5) is 26.3. The third-order valence-corrected chi connectivity index (χ3v) is 3.97. The molecule has 0 atom stereocenters. The van der Waals surface area contributed by atoms with Crippen LogP contribution in [0.15, 0.2) is 30.5 Å². The molecule has 25 heavy (non-hydrogen) atoms. The number of hydrogen-bond donors (Lipinski definition) is 2. The van der Waals surface area contributed by atoms with Crippen molar-refractivity contribution in [2.75, 3.05) is 18.4 Å². The third kappa shape index (κ3) is 5.45. The summed E-state index contributed by atoms with van der Waals surface area (Å²) in [5.41, 5.74) is -0.133. The molecular formula is C15H13Cl3N4O3. The van der Waals surface area contributed by atoms with Crippen LogP contribution in [0.3, 0.4) is 0 Å². The molecule has 1 amide bonds. The number of halogens is 3. The highest BCUT2D eigenvalue weighted by Crippen LogP contribution is 2.23. The molecule has 1 aromatic heterocycles. The molecule has 132 valence electrons. The maximum atomic E-state index is 12.1. The summed E-state index contributed by atoms with van der Waals surface area (Å²) in [5.74, 6) is 0.0236. The standard InChI is InChI=1S/C15H13Cl3N4O3/c16-9-6-13(18)14(21-8-9)19-4-1-5-20-15(23)11-7-10(22(24)25)2-3-12(11)17/h2-3,6-8H,1,4-5H2,(H,19,21)(H,20,23). The number of nitrogens with zero attached hydrogens (tertiary/aromatic N) is 2. The van der Waals surface area contributed by atoms with E-state index in [1.807, 2.05) is 0 Å². The number of anilines is 1. The number of hydrogen-bond acceptors (Lipinski definition) is 5. The predicted molar refractivity (Wildman–Crippen MR) is 97.8 cm³/mol. The van der Waals surface area contributed by atoms with Crippen LogP contribution in [-0.2, 0) is 0 Å². The van der Waals surface area contributed by atoms with Crippen molar-refractivity contribution in [1.82, 2.24) is 10.3 Å². The fourth-order valence-corrected chi connectivity index (χ4v) is 2.59. The van der Waals surface area contributed by atoms with Gasteiger partial charge in [0, 0.05) is 31.4 Å². The third-order valence-electron chi connectivity index (χ3n) is 3.14. The lowest BCUT2D eigenvalue weighted by Gasteiger charge is -2.09. The van der Waals surface area contributed by atoms with Gasteiger partial charge in [-0.15, -0.1) is 0 Å². The smallest absolute Gasteiger partial charge is 0.270 e. The number of amides is 1. The van der Waals surface area contributed by atoms with Crippen LogP contribution in [0, 0.1) is 10.1 Å². The monoisotopic (exact) mass is 402 g/mol. The zero-order valence-corrected chi connectivity index (χ0v) is 15.0. The first kappa shape index (κ1) is 19.2. The van der Waals surface area contributed by atoms with Gasteiger partial charge in [0.25, 0.3) is 11.6 Å². The van der Waals surface area contributed by atoms with E-state index >= 15 is 0 Å². The van der Waals surface area contributed by atoms with Gasteiger partial charge < -0.3 is 10.6 Å². The first-order valence-corrected chi connectivity index (χ1v) is 8.29. The second-order valence-electron chi connectivity index (χ2n) is 4.94. The number of nitro benzene ring substituents is 1. The Morgan fingerprint density at radius 1 is 1.16 bits per heavy atom. The summed E-state index contributed by atoms with van der Waals surface area (Å²) in [6.07, 6.45) is 2.06. The van der Waals surface area contributed by atoms with E-state index < -0.39 is 10.8 Å². The molecule has 0 aliphatic heterocycles. The van der Waals surface area contributed by atoms with Gasteiger partial charge in [0.15, 0.2) is 0 Å². The number of pyridine rings is 1. The van der Waals surface area contributed by atoms with E-state index in [1.54, 1.807) is 6.07 Å².